The summed E-state index contributed by atoms with van der Waals surface area (Å²) in [6.07, 6.45) is 0.862. The molecule has 0 aliphatic rings. The summed E-state index contributed by atoms with van der Waals surface area (Å²) in [6, 6.07) is 5.67. The van der Waals surface area contributed by atoms with Crippen LogP contribution in [0, 0.1) is 0 Å². The number of nitrogens with zero attached hydrogens (tertiary/aromatic N) is 1. The van der Waals surface area contributed by atoms with Crippen LogP contribution in [0.2, 0.25) is 0 Å². The predicted molar refractivity (Wildman–Crippen MR) is 58.3 cm³/mol. The van der Waals surface area contributed by atoms with Gasteiger partial charge in [-0.3, -0.25) is 0 Å². The largest absolute Gasteiger partial charge is 0.508 e. The minimum atomic E-state index is 0.361. The lowest BCUT2D eigenvalue weighted by molar-refractivity contribution is 0.385. The molecule has 0 aliphatic carbocycles. The van der Waals surface area contributed by atoms with Crippen LogP contribution in [0.5, 0.6) is 5.75 Å². The van der Waals surface area contributed by atoms with Crippen molar-refractivity contribution in [3.8, 4) is 5.75 Å². The number of rotatable bonds is 4. The molecule has 0 bridgehead atoms. The van der Waals surface area contributed by atoms with E-state index in [2.05, 4.69) is 0 Å². The maximum absolute atomic E-state index is 9.59. The first-order valence-electron chi connectivity index (χ1n) is 4.79. The van der Waals surface area contributed by atoms with Crippen molar-refractivity contribution in [1.82, 2.24) is 4.90 Å². The fraction of sp³-hybridized carbons (Fsp3) is 0.455. The maximum Gasteiger partial charge on any atom is 0.120 e. The predicted octanol–water partition coefficient (Wildman–Crippen LogP) is 0.955. The number of hydrogen-bond donors (Lipinski definition) is 2. The van der Waals surface area contributed by atoms with E-state index in [1.165, 1.54) is 5.56 Å². The molecule has 78 valence electrons. The second-order valence-corrected chi connectivity index (χ2v) is 3.74. The molecule has 0 atom stereocenters. The van der Waals surface area contributed by atoms with Crippen LogP contribution in [-0.2, 0) is 13.0 Å². The molecule has 0 heterocycles. The van der Waals surface area contributed by atoms with Gasteiger partial charge in [-0.2, -0.15) is 0 Å². The molecule has 3 heteroatoms. The monoisotopic (exact) mass is 194 g/mol. The van der Waals surface area contributed by atoms with Gasteiger partial charge in [-0.05, 0) is 38.7 Å². The summed E-state index contributed by atoms with van der Waals surface area (Å²) in [5.41, 5.74) is 7.62. The zero-order chi connectivity index (χ0) is 10.6. The molecule has 0 unspecified atom stereocenters. The number of nitrogens with two attached hydrogens (primary N) is 1. The highest BCUT2D eigenvalue weighted by molar-refractivity contribution is 5.36. The maximum atomic E-state index is 9.59. The Morgan fingerprint density at radius 3 is 2.64 bits per heavy atom. The van der Waals surface area contributed by atoms with Crippen LogP contribution in [0.4, 0.5) is 0 Å². The molecule has 0 amide bonds. The summed E-state index contributed by atoms with van der Waals surface area (Å²) >= 11 is 0. The summed E-state index contributed by atoms with van der Waals surface area (Å²) in [4.78, 5) is 2.03. The Hall–Kier alpha value is -1.06. The third kappa shape index (κ3) is 3.01. The Balaban J connectivity index is 2.84. The molecule has 3 nitrogen and oxygen atoms in total. The van der Waals surface area contributed by atoms with Gasteiger partial charge in [-0.1, -0.05) is 12.1 Å². The fourth-order valence-corrected chi connectivity index (χ4v) is 1.43. The summed E-state index contributed by atoms with van der Waals surface area (Å²) in [6.45, 7) is 1.40. The summed E-state index contributed by atoms with van der Waals surface area (Å²) < 4.78 is 0. The van der Waals surface area contributed by atoms with Gasteiger partial charge in [0.05, 0.1) is 0 Å². The van der Waals surface area contributed by atoms with E-state index in [4.69, 9.17) is 5.73 Å². The van der Waals surface area contributed by atoms with E-state index in [0.717, 1.165) is 18.5 Å². The quantitative estimate of drug-likeness (QED) is 0.750. The van der Waals surface area contributed by atoms with Crippen molar-refractivity contribution < 1.29 is 5.11 Å². The van der Waals surface area contributed by atoms with E-state index < -0.39 is 0 Å². The lowest BCUT2D eigenvalue weighted by atomic mass is 10.1. The van der Waals surface area contributed by atoms with Crippen molar-refractivity contribution in [2.75, 3.05) is 20.6 Å². The average molecular weight is 194 g/mol. The Kier molecular flexibility index (Phi) is 3.92. The van der Waals surface area contributed by atoms with Crippen LogP contribution in [0.25, 0.3) is 0 Å². The zero-order valence-corrected chi connectivity index (χ0v) is 8.83. The van der Waals surface area contributed by atoms with Crippen molar-refractivity contribution in [3.05, 3.63) is 29.3 Å². The van der Waals surface area contributed by atoms with Gasteiger partial charge in [0.1, 0.15) is 5.75 Å². The molecule has 0 saturated heterocycles. The smallest absolute Gasteiger partial charge is 0.120 e. The van der Waals surface area contributed by atoms with E-state index in [0.29, 0.717) is 12.3 Å². The molecule has 1 rings (SSSR count). The van der Waals surface area contributed by atoms with Crippen LogP contribution in [0.3, 0.4) is 0 Å². The lowest BCUT2D eigenvalue weighted by Gasteiger charge is -2.12. The average Bonchev–Trinajstić information content (AvgIpc) is 2.10. The fourth-order valence-electron chi connectivity index (χ4n) is 1.43. The standard InChI is InChI=1S/C11H18N2O/c1-13(2)8-10-7-9(5-6-12)3-4-11(10)14/h3-4,7,14H,5-6,8,12H2,1-2H3. The number of phenols is 1. The lowest BCUT2D eigenvalue weighted by Crippen LogP contribution is -2.11. The molecule has 1 aromatic rings. The number of benzene rings is 1. The van der Waals surface area contributed by atoms with Crippen LogP contribution in [0.15, 0.2) is 18.2 Å². The highest BCUT2D eigenvalue weighted by Crippen LogP contribution is 2.19. The Bertz CT molecular complexity index is 297. The second-order valence-electron chi connectivity index (χ2n) is 3.74. The van der Waals surface area contributed by atoms with Gasteiger partial charge < -0.3 is 15.7 Å². The summed E-state index contributed by atoms with van der Waals surface area (Å²) in [5, 5.41) is 9.59. The van der Waals surface area contributed by atoms with Gasteiger partial charge in [-0.25, -0.2) is 0 Å². The molecular formula is C11H18N2O. The number of hydrogen-bond acceptors (Lipinski definition) is 3. The van der Waals surface area contributed by atoms with Crippen molar-refractivity contribution in [3.63, 3.8) is 0 Å². The highest BCUT2D eigenvalue weighted by Gasteiger charge is 2.03. The van der Waals surface area contributed by atoms with Gasteiger partial charge in [0.15, 0.2) is 0 Å². The first kappa shape index (κ1) is 11.0. The van der Waals surface area contributed by atoms with E-state index in [9.17, 15) is 5.11 Å². The van der Waals surface area contributed by atoms with Gasteiger partial charge in [0, 0.05) is 12.1 Å². The minimum absolute atomic E-state index is 0.361. The number of aromatic hydroxyl groups is 1. The topological polar surface area (TPSA) is 49.5 Å². The molecule has 3 N–H and O–H groups in total. The van der Waals surface area contributed by atoms with Crippen LogP contribution in [-0.4, -0.2) is 30.6 Å². The number of phenolic OH excluding ortho intramolecular Hbond substituents is 1. The second kappa shape index (κ2) is 4.98. The molecule has 1 aromatic carbocycles. The first-order valence-corrected chi connectivity index (χ1v) is 4.79. The molecular weight excluding hydrogens is 176 g/mol. The molecule has 0 fully saturated rings. The van der Waals surface area contributed by atoms with E-state index in [1.807, 2.05) is 31.1 Å². The van der Waals surface area contributed by atoms with Crippen molar-refractivity contribution in [2.24, 2.45) is 5.73 Å². The first-order chi connectivity index (χ1) is 6.63. The molecule has 0 saturated carbocycles. The molecule has 0 aromatic heterocycles. The molecule has 0 radical (unpaired) electrons. The summed E-state index contributed by atoms with van der Waals surface area (Å²) in [5.74, 6) is 0.361. The van der Waals surface area contributed by atoms with Gasteiger partial charge >= 0.3 is 0 Å². The normalized spacial score (nSPS) is 10.9. The van der Waals surface area contributed by atoms with Gasteiger partial charge in [0.2, 0.25) is 0 Å². The van der Waals surface area contributed by atoms with E-state index >= 15 is 0 Å². The van der Waals surface area contributed by atoms with Crippen LogP contribution >= 0.6 is 0 Å². The zero-order valence-electron chi connectivity index (χ0n) is 8.83. The minimum Gasteiger partial charge on any atom is -0.508 e. The van der Waals surface area contributed by atoms with Crippen molar-refractivity contribution in [1.29, 1.82) is 0 Å². The van der Waals surface area contributed by atoms with E-state index in [1.54, 1.807) is 6.07 Å². The van der Waals surface area contributed by atoms with Crippen LogP contribution < -0.4 is 5.73 Å². The third-order valence-corrected chi connectivity index (χ3v) is 2.06. The highest BCUT2D eigenvalue weighted by atomic mass is 16.3. The van der Waals surface area contributed by atoms with Gasteiger partial charge in [-0.15, -0.1) is 0 Å². The molecule has 0 spiro atoms. The Labute approximate surface area is 85.2 Å². The van der Waals surface area contributed by atoms with Crippen LogP contribution in [0.1, 0.15) is 11.1 Å². The van der Waals surface area contributed by atoms with Crippen molar-refractivity contribution in [2.45, 2.75) is 13.0 Å². The van der Waals surface area contributed by atoms with Crippen molar-refractivity contribution >= 4 is 0 Å². The Morgan fingerprint density at radius 2 is 2.07 bits per heavy atom. The third-order valence-electron chi connectivity index (χ3n) is 2.06. The SMILES string of the molecule is CN(C)Cc1cc(CCN)ccc1O. The van der Waals surface area contributed by atoms with E-state index in [-0.39, 0.29) is 0 Å². The Morgan fingerprint density at radius 1 is 1.36 bits per heavy atom. The molecule has 0 aliphatic heterocycles. The summed E-state index contributed by atoms with van der Waals surface area (Å²) in [7, 11) is 3.96. The van der Waals surface area contributed by atoms with Gasteiger partial charge in [0.25, 0.3) is 0 Å². The molecule has 14 heavy (non-hydrogen) atoms.